The van der Waals surface area contributed by atoms with E-state index in [2.05, 4.69) is 17.5 Å². The van der Waals surface area contributed by atoms with Crippen molar-refractivity contribution in [3.8, 4) is 0 Å². The summed E-state index contributed by atoms with van der Waals surface area (Å²) in [4.78, 5) is 24.2. The van der Waals surface area contributed by atoms with E-state index in [9.17, 15) is 9.59 Å². The molecule has 2 aliphatic rings. The third-order valence-corrected chi connectivity index (χ3v) is 4.41. The number of benzene rings is 1. The zero-order valence-corrected chi connectivity index (χ0v) is 13.4. The van der Waals surface area contributed by atoms with Crippen molar-refractivity contribution < 1.29 is 19.1 Å². The largest absolute Gasteiger partial charge is 0.464 e. The summed E-state index contributed by atoms with van der Waals surface area (Å²) in [5.41, 5.74) is 2.46. The molecule has 23 heavy (non-hydrogen) atoms. The molecule has 0 unspecified atom stereocenters. The van der Waals surface area contributed by atoms with E-state index >= 15 is 0 Å². The number of hydrogen-bond acceptors (Lipinski definition) is 5. The summed E-state index contributed by atoms with van der Waals surface area (Å²) in [6.07, 6.45) is 5.03. The second-order valence-corrected chi connectivity index (χ2v) is 5.75. The maximum absolute atomic E-state index is 12.2. The minimum Gasteiger partial charge on any atom is -0.464 e. The van der Waals surface area contributed by atoms with Crippen molar-refractivity contribution in [1.29, 1.82) is 0 Å². The Morgan fingerprint density at radius 2 is 2.00 bits per heavy atom. The Balaban J connectivity index is 1.93. The van der Waals surface area contributed by atoms with Crippen LogP contribution < -0.4 is 5.32 Å². The van der Waals surface area contributed by atoms with E-state index in [1.54, 1.807) is 13.0 Å². The monoisotopic (exact) mass is 315 g/mol. The Kier molecular flexibility index (Phi) is 4.37. The van der Waals surface area contributed by atoms with Gasteiger partial charge in [0.05, 0.1) is 18.8 Å². The van der Waals surface area contributed by atoms with Gasteiger partial charge in [0.15, 0.2) is 0 Å². The zero-order valence-electron chi connectivity index (χ0n) is 13.4. The Hall–Kier alpha value is -2.30. The predicted molar refractivity (Wildman–Crippen MR) is 86.4 cm³/mol. The van der Waals surface area contributed by atoms with Crippen LogP contribution in [0.2, 0.25) is 0 Å². The Labute approximate surface area is 135 Å². The molecular formula is C18H21NO4. The second kappa shape index (κ2) is 6.44. The number of nitrogens with one attached hydrogen (secondary N) is 1. The lowest BCUT2D eigenvalue weighted by Gasteiger charge is -2.35. The van der Waals surface area contributed by atoms with Crippen molar-refractivity contribution in [2.24, 2.45) is 5.92 Å². The minimum absolute atomic E-state index is 0.120. The summed E-state index contributed by atoms with van der Waals surface area (Å²) in [7, 11) is 0. The molecule has 1 aliphatic carbocycles. The SMILES string of the molecule is CCOC(=O)c1ccc2c(c1)[C@@H]1C=CC[C@@H]1[C@@H](C(=O)OCC)N2. The summed E-state index contributed by atoms with van der Waals surface area (Å²) in [5, 5.41) is 3.28. The van der Waals surface area contributed by atoms with Crippen LogP contribution in [0.5, 0.6) is 0 Å². The van der Waals surface area contributed by atoms with Crippen molar-refractivity contribution in [3.05, 3.63) is 41.5 Å². The molecule has 0 bridgehead atoms. The van der Waals surface area contributed by atoms with Crippen molar-refractivity contribution in [1.82, 2.24) is 0 Å². The first kappa shape index (κ1) is 15.6. The van der Waals surface area contributed by atoms with Crippen LogP contribution in [-0.2, 0) is 14.3 Å². The highest BCUT2D eigenvalue weighted by atomic mass is 16.5. The van der Waals surface area contributed by atoms with Crippen molar-refractivity contribution >= 4 is 17.6 Å². The third kappa shape index (κ3) is 2.83. The van der Waals surface area contributed by atoms with Gasteiger partial charge in [-0.05, 0) is 44.0 Å². The lowest BCUT2D eigenvalue weighted by Crippen LogP contribution is -2.43. The Morgan fingerprint density at radius 1 is 1.22 bits per heavy atom. The zero-order chi connectivity index (χ0) is 16.4. The van der Waals surface area contributed by atoms with Crippen LogP contribution in [0, 0.1) is 5.92 Å². The fraction of sp³-hybridized carbons (Fsp3) is 0.444. The number of fused-ring (bicyclic) bond motifs is 3. The van der Waals surface area contributed by atoms with E-state index in [1.165, 1.54) is 0 Å². The van der Waals surface area contributed by atoms with Gasteiger partial charge in [-0.1, -0.05) is 12.2 Å². The fourth-order valence-electron chi connectivity index (χ4n) is 3.40. The van der Waals surface area contributed by atoms with Crippen LogP contribution in [0.25, 0.3) is 0 Å². The van der Waals surface area contributed by atoms with Crippen LogP contribution in [0.1, 0.15) is 42.1 Å². The molecule has 1 heterocycles. The molecule has 1 aromatic carbocycles. The predicted octanol–water partition coefficient (Wildman–Crippen LogP) is 2.88. The number of anilines is 1. The molecule has 1 aliphatic heterocycles. The van der Waals surface area contributed by atoms with Gasteiger partial charge in [-0.15, -0.1) is 0 Å². The van der Waals surface area contributed by atoms with Crippen LogP contribution in [0.4, 0.5) is 5.69 Å². The first-order valence-corrected chi connectivity index (χ1v) is 8.06. The normalized spacial score (nSPS) is 24.3. The molecule has 3 rings (SSSR count). The van der Waals surface area contributed by atoms with Gasteiger partial charge in [-0.2, -0.15) is 0 Å². The van der Waals surface area contributed by atoms with Gasteiger partial charge in [-0.25, -0.2) is 9.59 Å². The molecule has 0 radical (unpaired) electrons. The maximum atomic E-state index is 12.2. The first-order valence-electron chi connectivity index (χ1n) is 8.06. The summed E-state index contributed by atoms with van der Waals surface area (Å²) >= 11 is 0. The van der Waals surface area contributed by atoms with Crippen LogP contribution in [0.3, 0.4) is 0 Å². The van der Waals surface area contributed by atoms with E-state index in [0.29, 0.717) is 18.8 Å². The van der Waals surface area contributed by atoms with Crippen LogP contribution >= 0.6 is 0 Å². The van der Waals surface area contributed by atoms with E-state index in [0.717, 1.165) is 17.7 Å². The molecule has 1 N–H and O–H groups in total. The fourth-order valence-corrected chi connectivity index (χ4v) is 3.40. The average Bonchev–Trinajstić information content (AvgIpc) is 3.04. The molecule has 0 fully saturated rings. The summed E-state index contributed by atoms with van der Waals surface area (Å²) in [5.74, 6) is -0.290. The smallest absolute Gasteiger partial charge is 0.338 e. The van der Waals surface area contributed by atoms with Crippen LogP contribution in [0.15, 0.2) is 30.4 Å². The van der Waals surface area contributed by atoms with Gasteiger partial charge in [0.2, 0.25) is 0 Å². The summed E-state index contributed by atoms with van der Waals surface area (Å²) < 4.78 is 10.3. The highest BCUT2D eigenvalue weighted by Crippen LogP contribution is 2.45. The molecule has 0 amide bonds. The molecular weight excluding hydrogens is 294 g/mol. The van der Waals surface area contributed by atoms with Gasteiger partial charge in [0, 0.05) is 17.5 Å². The lowest BCUT2D eigenvalue weighted by atomic mass is 9.79. The van der Waals surface area contributed by atoms with Crippen LogP contribution in [-0.4, -0.2) is 31.2 Å². The van der Waals surface area contributed by atoms with E-state index < -0.39 is 0 Å². The Morgan fingerprint density at radius 3 is 2.74 bits per heavy atom. The van der Waals surface area contributed by atoms with Gasteiger partial charge < -0.3 is 14.8 Å². The molecule has 0 saturated heterocycles. The van der Waals surface area contributed by atoms with Gasteiger partial charge in [0.1, 0.15) is 6.04 Å². The number of hydrogen-bond donors (Lipinski definition) is 1. The number of carbonyl (C=O) groups is 2. The molecule has 3 atom stereocenters. The number of ether oxygens (including phenoxy) is 2. The number of esters is 2. The third-order valence-electron chi connectivity index (χ3n) is 4.41. The quantitative estimate of drug-likeness (QED) is 0.683. The average molecular weight is 315 g/mol. The van der Waals surface area contributed by atoms with Gasteiger partial charge >= 0.3 is 11.9 Å². The Bertz CT molecular complexity index is 652. The minimum atomic E-state index is -0.351. The standard InChI is InChI=1S/C18H21NO4/c1-3-22-17(20)11-8-9-15-14(10-11)12-6-5-7-13(12)16(19-15)18(21)23-4-2/h5-6,8-10,12-13,16,19H,3-4,7H2,1-2H3/t12-,13+,16+/m1/s1. The first-order chi connectivity index (χ1) is 11.2. The van der Waals surface area contributed by atoms with Crippen molar-refractivity contribution in [3.63, 3.8) is 0 Å². The molecule has 0 saturated carbocycles. The molecule has 5 heteroatoms. The van der Waals surface area contributed by atoms with E-state index in [4.69, 9.17) is 9.47 Å². The molecule has 122 valence electrons. The molecule has 0 aromatic heterocycles. The molecule has 1 aromatic rings. The van der Waals surface area contributed by atoms with Gasteiger partial charge in [0.25, 0.3) is 0 Å². The second-order valence-electron chi connectivity index (χ2n) is 5.75. The summed E-state index contributed by atoms with van der Waals surface area (Å²) in [6.45, 7) is 4.32. The lowest BCUT2D eigenvalue weighted by molar-refractivity contribution is -0.145. The molecule has 5 nitrogen and oxygen atoms in total. The maximum Gasteiger partial charge on any atom is 0.338 e. The van der Waals surface area contributed by atoms with E-state index in [1.807, 2.05) is 19.1 Å². The number of carbonyl (C=O) groups excluding carboxylic acids is 2. The highest BCUT2D eigenvalue weighted by molar-refractivity contribution is 5.91. The molecule has 0 spiro atoms. The topological polar surface area (TPSA) is 64.6 Å². The highest BCUT2D eigenvalue weighted by Gasteiger charge is 2.41. The van der Waals surface area contributed by atoms with Crippen molar-refractivity contribution in [2.45, 2.75) is 32.2 Å². The summed E-state index contributed by atoms with van der Waals surface area (Å²) in [6, 6.07) is 5.09. The van der Waals surface area contributed by atoms with Crippen molar-refractivity contribution in [2.75, 3.05) is 18.5 Å². The van der Waals surface area contributed by atoms with Gasteiger partial charge in [-0.3, -0.25) is 0 Å². The number of rotatable bonds is 4. The van der Waals surface area contributed by atoms with E-state index in [-0.39, 0.29) is 29.8 Å². The number of allylic oxidation sites excluding steroid dienone is 2.